The van der Waals surface area contributed by atoms with E-state index in [9.17, 15) is 9.18 Å². The van der Waals surface area contributed by atoms with Gasteiger partial charge >= 0.3 is 6.09 Å². The van der Waals surface area contributed by atoms with E-state index in [2.05, 4.69) is 5.32 Å². The lowest BCUT2D eigenvalue weighted by Crippen LogP contribution is -2.36. The smallest absolute Gasteiger partial charge is 0.407 e. The summed E-state index contributed by atoms with van der Waals surface area (Å²) in [6.07, 6.45) is -0.531. The molecule has 1 aromatic rings. The van der Waals surface area contributed by atoms with Crippen molar-refractivity contribution in [3.05, 3.63) is 29.6 Å². The van der Waals surface area contributed by atoms with Crippen molar-refractivity contribution in [2.75, 3.05) is 20.2 Å². The van der Waals surface area contributed by atoms with Crippen LogP contribution < -0.4 is 15.8 Å². The zero-order valence-corrected chi connectivity index (χ0v) is 12.9. The summed E-state index contributed by atoms with van der Waals surface area (Å²) >= 11 is 0. The van der Waals surface area contributed by atoms with E-state index in [0.717, 1.165) is 0 Å². The second-order valence-corrected chi connectivity index (χ2v) is 5.68. The van der Waals surface area contributed by atoms with E-state index in [4.69, 9.17) is 15.2 Å². The van der Waals surface area contributed by atoms with Gasteiger partial charge in [-0.05, 0) is 26.8 Å². The van der Waals surface area contributed by atoms with E-state index in [0.29, 0.717) is 5.56 Å². The predicted octanol–water partition coefficient (Wildman–Crippen LogP) is 2.40. The van der Waals surface area contributed by atoms with Crippen LogP contribution in [0.3, 0.4) is 0 Å². The van der Waals surface area contributed by atoms with Crippen LogP contribution in [0.4, 0.5) is 9.18 Å². The van der Waals surface area contributed by atoms with Crippen LogP contribution in [0.1, 0.15) is 32.3 Å². The average Bonchev–Trinajstić information content (AvgIpc) is 2.37. The molecule has 1 rings (SSSR count). The Morgan fingerprint density at radius 3 is 2.62 bits per heavy atom. The van der Waals surface area contributed by atoms with Crippen LogP contribution in [-0.2, 0) is 4.74 Å². The quantitative estimate of drug-likeness (QED) is 0.875. The summed E-state index contributed by atoms with van der Waals surface area (Å²) in [5.74, 6) is -0.562. The molecule has 0 aliphatic heterocycles. The molecule has 1 unspecified atom stereocenters. The number of hydrogen-bond donors (Lipinski definition) is 2. The Morgan fingerprint density at radius 2 is 2.10 bits per heavy atom. The molecule has 0 fully saturated rings. The number of alkyl carbamates (subject to hydrolysis) is 1. The van der Waals surface area contributed by atoms with Crippen molar-refractivity contribution < 1.29 is 18.7 Å². The normalized spacial score (nSPS) is 12.7. The fourth-order valence-corrected chi connectivity index (χ4v) is 1.90. The Balaban J connectivity index is 2.76. The maximum Gasteiger partial charge on any atom is 0.407 e. The highest BCUT2D eigenvalue weighted by Gasteiger charge is 2.20. The number of carbonyl (C=O) groups is 1. The largest absolute Gasteiger partial charge is 0.493 e. The molecule has 0 heterocycles. The van der Waals surface area contributed by atoms with Gasteiger partial charge in [0.15, 0.2) is 11.6 Å². The van der Waals surface area contributed by atoms with Crippen LogP contribution in [0.2, 0.25) is 0 Å². The highest BCUT2D eigenvalue weighted by Crippen LogP contribution is 2.28. The molecule has 1 atom stereocenters. The van der Waals surface area contributed by atoms with Gasteiger partial charge in [0.2, 0.25) is 0 Å². The Hall–Kier alpha value is -1.82. The summed E-state index contributed by atoms with van der Waals surface area (Å²) in [5, 5.41) is 2.64. The van der Waals surface area contributed by atoms with E-state index >= 15 is 0 Å². The predicted molar refractivity (Wildman–Crippen MR) is 79.0 cm³/mol. The number of amides is 1. The highest BCUT2D eigenvalue weighted by molar-refractivity contribution is 5.67. The molecule has 0 aliphatic rings. The Morgan fingerprint density at radius 1 is 1.43 bits per heavy atom. The third-order valence-electron chi connectivity index (χ3n) is 2.82. The number of halogens is 1. The average molecular weight is 298 g/mol. The van der Waals surface area contributed by atoms with Crippen LogP contribution in [0.5, 0.6) is 5.75 Å². The van der Waals surface area contributed by atoms with E-state index in [-0.39, 0.29) is 24.8 Å². The van der Waals surface area contributed by atoms with Crippen molar-refractivity contribution in [3.63, 3.8) is 0 Å². The molecule has 21 heavy (non-hydrogen) atoms. The summed E-state index contributed by atoms with van der Waals surface area (Å²) in [5.41, 5.74) is 5.77. The summed E-state index contributed by atoms with van der Waals surface area (Å²) in [6, 6.07) is 4.64. The monoisotopic (exact) mass is 298 g/mol. The fourth-order valence-electron chi connectivity index (χ4n) is 1.90. The van der Waals surface area contributed by atoms with Gasteiger partial charge in [0, 0.05) is 24.6 Å². The fraction of sp³-hybridized carbons (Fsp3) is 0.533. The number of nitrogens with two attached hydrogens (primary N) is 1. The standard InChI is InChI=1S/C15H23FN2O3/c1-15(2,3)21-14(19)18-9-10(8-17)11-6-5-7-12(16)13(11)20-4/h5-7,10H,8-9,17H2,1-4H3,(H,18,19). The van der Waals surface area contributed by atoms with Crippen molar-refractivity contribution >= 4 is 6.09 Å². The van der Waals surface area contributed by atoms with Gasteiger partial charge in [-0.3, -0.25) is 0 Å². The number of hydrogen-bond acceptors (Lipinski definition) is 4. The molecule has 0 bridgehead atoms. The molecule has 1 aromatic carbocycles. The molecular formula is C15H23FN2O3. The lowest BCUT2D eigenvalue weighted by molar-refractivity contribution is 0.0524. The summed E-state index contributed by atoms with van der Waals surface area (Å²) < 4.78 is 23.9. The number of benzene rings is 1. The van der Waals surface area contributed by atoms with Gasteiger partial charge in [-0.1, -0.05) is 12.1 Å². The van der Waals surface area contributed by atoms with Gasteiger partial charge in [-0.25, -0.2) is 9.18 Å². The van der Waals surface area contributed by atoms with Gasteiger partial charge in [0.25, 0.3) is 0 Å². The van der Waals surface area contributed by atoms with Crippen molar-refractivity contribution in [3.8, 4) is 5.75 Å². The Labute approximate surface area is 124 Å². The molecule has 5 nitrogen and oxygen atoms in total. The topological polar surface area (TPSA) is 73.6 Å². The Kier molecular flexibility index (Phi) is 5.96. The number of carbonyl (C=O) groups excluding carboxylic acids is 1. The Bertz CT molecular complexity index is 486. The van der Waals surface area contributed by atoms with E-state index in [1.165, 1.54) is 13.2 Å². The first-order chi connectivity index (χ1) is 9.78. The highest BCUT2D eigenvalue weighted by atomic mass is 19.1. The summed E-state index contributed by atoms with van der Waals surface area (Å²) in [7, 11) is 1.40. The summed E-state index contributed by atoms with van der Waals surface area (Å²) in [4.78, 5) is 11.7. The number of rotatable bonds is 5. The SMILES string of the molecule is COc1c(F)cccc1C(CN)CNC(=O)OC(C)(C)C. The first-order valence-corrected chi connectivity index (χ1v) is 6.77. The molecule has 118 valence electrons. The number of methoxy groups -OCH3 is 1. The zero-order chi connectivity index (χ0) is 16.0. The van der Waals surface area contributed by atoms with Crippen molar-refractivity contribution in [1.29, 1.82) is 0 Å². The molecule has 3 N–H and O–H groups in total. The number of nitrogens with one attached hydrogen (secondary N) is 1. The number of ether oxygens (including phenoxy) is 2. The van der Waals surface area contributed by atoms with E-state index in [1.807, 2.05) is 0 Å². The second-order valence-electron chi connectivity index (χ2n) is 5.68. The van der Waals surface area contributed by atoms with E-state index < -0.39 is 17.5 Å². The molecular weight excluding hydrogens is 275 g/mol. The van der Waals surface area contributed by atoms with E-state index in [1.54, 1.807) is 32.9 Å². The summed E-state index contributed by atoms with van der Waals surface area (Å²) in [6.45, 7) is 5.83. The molecule has 0 aliphatic carbocycles. The molecule has 0 aromatic heterocycles. The third kappa shape index (κ3) is 5.23. The lowest BCUT2D eigenvalue weighted by Gasteiger charge is -2.22. The zero-order valence-electron chi connectivity index (χ0n) is 12.9. The van der Waals surface area contributed by atoms with Crippen molar-refractivity contribution in [2.45, 2.75) is 32.3 Å². The van der Waals surface area contributed by atoms with Gasteiger partial charge in [0.1, 0.15) is 5.60 Å². The molecule has 1 amide bonds. The minimum Gasteiger partial charge on any atom is -0.493 e. The molecule has 0 saturated heterocycles. The first-order valence-electron chi connectivity index (χ1n) is 6.77. The minimum atomic E-state index is -0.571. The minimum absolute atomic E-state index is 0.152. The maximum atomic E-state index is 13.7. The van der Waals surface area contributed by atoms with Crippen molar-refractivity contribution in [1.82, 2.24) is 5.32 Å². The van der Waals surface area contributed by atoms with Gasteiger partial charge in [0.05, 0.1) is 7.11 Å². The maximum absolute atomic E-state index is 13.7. The van der Waals surface area contributed by atoms with Crippen LogP contribution in [0.15, 0.2) is 18.2 Å². The lowest BCUT2D eigenvalue weighted by atomic mass is 9.98. The van der Waals surface area contributed by atoms with Gasteiger partial charge < -0.3 is 20.5 Å². The second kappa shape index (κ2) is 7.26. The molecule has 6 heteroatoms. The van der Waals surface area contributed by atoms with Gasteiger partial charge in [-0.2, -0.15) is 0 Å². The van der Waals surface area contributed by atoms with Crippen molar-refractivity contribution in [2.24, 2.45) is 5.73 Å². The van der Waals surface area contributed by atoms with Crippen LogP contribution >= 0.6 is 0 Å². The molecule has 0 saturated carbocycles. The third-order valence-corrected chi connectivity index (χ3v) is 2.82. The van der Waals surface area contributed by atoms with Crippen LogP contribution in [0, 0.1) is 5.82 Å². The molecule has 0 radical (unpaired) electrons. The van der Waals surface area contributed by atoms with Crippen LogP contribution in [0.25, 0.3) is 0 Å². The van der Waals surface area contributed by atoms with Gasteiger partial charge in [-0.15, -0.1) is 0 Å². The first kappa shape index (κ1) is 17.2. The van der Waals surface area contributed by atoms with Crippen LogP contribution in [-0.4, -0.2) is 31.9 Å². The number of para-hydroxylation sites is 1. The molecule has 0 spiro atoms.